The van der Waals surface area contributed by atoms with Crippen molar-refractivity contribution in [3.63, 3.8) is 0 Å². The average molecular weight is 483 g/mol. The zero-order valence-corrected chi connectivity index (χ0v) is 18.6. The molecule has 8 nitrogen and oxygen atoms in total. The maximum atomic E-state index is 13.0. The molecule has 0 saturated heterocycles. The summed E-state index contributed by atoms with van der Waals surface area (Å²) in [6.45, 7) is 1.70. The highest BCUT2D eigenvalue weighted by Crippen LogP contribution is 2.35. The molecular formula is C22H19BrN4O4. The largest absolute Gasteiger partial charge is 0.503 e. The summed E-state index contributed by atoms with van der Waals surface area (Å²) in [5.41, 5.74) is 1.10. The number of carbonyl (C=O) groups excluding carboxylic acids is 1. The lowest BCUT2D eigenvalue weighted by atomic mass is 10.1. The number of phenolic OH excluding ortho intramolecular Hbond substituents is 1. The number of hydrogen-bond acceptors (Lipinski definition) is 5. The van der Waals surface area contributed by atoms with E-state index < -0.39 is 11.5 Å². The molecule has 1 aromatic heterocycles. The van der Waals surface area contributed by atoms with E-state index in [0.29, 0.717) is 21.4 Å². The van der Waals surface area contributed by atoms with Gasteiger partial charge in [-0.3, -0.25) is 14.3 Å². The van der Waals surface area contributed by atoms with Gasteiger partial charge in [-0.2, -0.15) is 5.26 Å². The molecule has 158 valence electrons. The Balaban J connectivity index is 1.98. The first kappa shape index (κ1) is 21.9. The number of aromatic hydroxyl groups is 1. The second-order valence-corrected chi connectivity index (χ2v) is 7.47. The highest BCUT2D eigenvalue weighted by molar-refractivity contribution is 9.10. The summed E-state index contributed by atoms with van der Waals surface area (Å²) < 4.78 is 8.50. The smallest absolute Gasteiger partial charge is 0.295 e. The number of para-hydroxylation sites is 1. The van der Waals surface area contributed by atoms with Crippen LogP contribution in [0.3, 0.4) is 0 Å². The van der Waals surface area contributed by atoms with E-state index in [2.05, 4.69) is 21.2 Å². The highest BCUT2D eigenvalue weighted by atomic mass is 79.9. The first-order chi connectivity index (χ1) is 14.8. The minimum absolute atomic E-state index is 0.0852. The van der Waals surface area contributed by atoms with Crippen molar-refractivity contribution in [1.82, 2.24) is 9.36 Å². The third-order valence-corrected chi connectivity index (χ3v) is 5.34. The summed E-state index contributed by atoms with van der Waals surface area (Å²) in [5, 5.41) is 22.0. The van der Waals surface area contributed by atoms with Gasteiger partial charge in [0.2, 0.25) is 0 Å². The van der Waals surface area contributed by atoms with Gasteiger partial charge in [-0.05, 0) is 58.8 Å². The van der Waals surface area contributed by atoms with Gasteiger partial charge >= 0.3 is 0 Å². The van der Waals surface area contributed by atoms with E-state index in [9.17, 15) is 20.0 Å². The van der Waals surface area contributed by atoms with Crippen LogP contribution in [0, 0.1) is 18.3 Å². The van der Waals surface area contributed by atoms with E-state index >= 15 is 0 Å². The number of ether oxygens (including phenoxy) is 1. The minimum atomic E-state index is -0.725. The molecule has 31 heavy (non-hydrogen) atoms. The number of halogens is 1. The Kier molecular flexibility index (Phi) is 6.32. The second-order valence-electron chi connectivity index (χ2n) is 6.61. The number of benzene rings is 2. The molecule has 0 bridgehead atoms. The molecule has 0 radical (unpaired) electrons. The Morgan fingerprint density at radius 2 is 1.97 bits per heavy atom. The van der Waals surface area contributed by atoms with Crippen molar-refractivity contribution in [2.24, 2.45) is 7.05 Å². The van der Waals surface area contributed by atoms with Crippen LogP contribution < -0.4 is 15.6 Å². The second kappa shape index (κ2) is 8.93. The fourth-order valence-electron chi connectivity index (χ4n) is 3.04. The monoisotopic (exact) mass is 482 g/mol. The minimum Gasteiger partial charge on any atom is -0.503 e. The Morgan fingerprint density at radius 1 is 1.29 bits per heavy atom. The molecule has 0 aliphatic heterocycles. The van der Waals surface area contributed by atoms with Crippen LogP contribution in [0.4, 0.5) is 5.69 Å². The summed E-state index contributed by atoms with van der Waals surface area (Å²) in [6.07, 6.45) is 1.34. The lowest BCUT2D eigenvalue weighted by Gasteiger charge is -2.07. The Hall–Kier alpha value is -3.77. The molecule has 0 unspecified atom stereocenters. The molecule has 9 heteroatoms. The first-order valence-electron chi connectivity index (χ1n) is 9.12. The SMILES string of the molecule is COc1cc(C=C(C#N)C(=O)Nc2c(C)n(C)n(-c3ccccc3)c2=O)cc(Br)c1O. The molecule has 2 N–H and O–H groups in total. The van der Waals surface area contributed by atoms with E-state index in [1.54, 1.807) is 36.9 Å². The third kappa shape index (κ3) is 4.25. The highest BCUT2D eigenvalue weighted by Gasteiger charge is 2.20. The van der Waals surface area contributed by atoms with Gasteiger partial charge < -0.3 is 15.2 Å². The lowest BCUT2D eigenvalue weighted by molar-refractivity contribution is -0.112. The van der Waals surface area contributed by atoms with Crippen LogP contribution in [0.25, 0.3) is 11.8 Å². The summed E-state index contributed by atoms with van der Waals surface area (Å²) >= 11 is 3.20. The molecule has 0 aliphatic rings. The van der Waals surface area contributed by atoms with Crippen molar-refractivity contribution in [3.05, 3.63) is 74.1 Å². The van der Waals surface area contributed by atoms with Crippen molar-refractivity contribution < 1.29 is 14.6 Å². The Bertz CT molecular complexity index is 1280. The van der Waals surface area contributed by atoms with Crippen molar-refractivity contribution in [2.45, 2.75) is 6.92 Å². The van der Waals surface area contributed by atoms with Crippen LogP contribution in [-0.4, -0.2) is 27.5 Å². The number of nitrogens with zero attached hydrogens (tertiary/aromatic N) is 3. The van der Waals surface area contributed by atoms with E-state index in [4.69, 9.17) is 4.74 Å². The Morgan fingerprint density at radius 3 is 2.58 bits per heavy atom. The molecule has 2 aromatic carbocycles. The number of nitriles is 1. The molecule has 1 amide bonds. The topological polar surface area (TPSA) is 109 Å². The number of carbonyl (C=O) groups is 1. The van der Waals surface area contributed by atoms with Crippen molar-refractivity contribution in [2.75, 3.05) is 12.4 Å². The molecular weight excluding hydrogens is 464 g/mol. The molecule has 1 heterocycles. The zero-order valence-electron chi connectivity index (χ0n) is 17.0. The lowest BCUT2D eigenvalue weighted by Crippen LogP contribution is -2.23. The number of amides is 1. The van der Waals surface area contributed by atoms with Gasteiger partial charge in [0, 0.05) is 7.05 Å². The molecule has 0 spiro atoms. The molecule has 0 saturated carbocycles. The first-order valence-corrected chi connectivity index (χ1v) is 9.91. The summed E-state index contributed by atoms with van der Waals surface area (Å²) in [5.74, 6) is -0.636. The van der Waals surface area contributed by atoms with E-state index in [1.807, 2.05) is 24.3 Å². The number of aromatic nitrogens is 2. The quantitative estimate of drug-likeness (QED) is 0.427. The van der Waals surface area contributed by atoms with Crippen molar-refractivity contribution >= 4 is 33.6 Å². The van der Waals surface area contributed by atoms with Gasteiger partial charge in [0.1, 0.15) is 17.3 Å². The van der Waals surface area contributed by atoms with Crippen LogP contribution in [0.2, 0.25) is 0 Å². The van der Waals surface area contributed by atoms with E-state index in [1.165, 1.54) is 23.9 Å². The maximum absolute atomic E-state index is 13.0. The van der Waals surface area contributed by atoms with Crippen LogP contribution in [0.5, 0.6) is 11.5 Å². The number of phenols is 1. The summed E-state index contributed by atoms with van der Waals surface area (Å²) in [7, 11) is 3.10. The number of nitrogens with one attached hydrogen (secondary N) is 1. The predicted molar refractivity (Wildman–Crippen MR) is 120 cm³/mol. The van der Waals surface area contributed by atoms with Crippen LogP contribution >= 0.6 is 15.9 Å². The normalized spacial score (nSPS) is 11.1. The number of anilines is 1. The maximum Gasteiger partial charge on any atom is 0.295 e. The molecule has 3 rings (SSSR count). The van der Waals surface area contributed by atoms with E-state index in [-0.39, 0.29) is 22.8 Å². The average Bonchev–Trinajstić information content (AvgIpc) is 2.97. The Labute approximate surface area is 186 Å². The van der Waals surface area contributed by atoms with Gasteiger partial charge in [-0.15, -0.1) is 0 Å². The van der Waals surface area contributed by atoms with Crippen molar-refractivity contribution in [1.29, 1.82) is 5.26 Å². The van der Waals surface area contributed by atoms with Gasteiger partial charge in [-0.1, -0.05) is 18.2 Å². The molecule has 0 aliphatic carbocycles. The molecule has 3 aromatic rings. The number of methoxy groups -OCH3 is 1. The number of hydrogen-bond donors (Lipinski definition) is 2. The standard InChI is InChI=1S/C22H19BrN4O4/c1-13-19(22(30)27(26(13)2)16-7-5-4-6-8-16)25-21(29)15(12-24)9-14-10-17(23)20(28)18(11-14)31-3/h4-11,28H,1-3H3,(H,25,29). The molecule has 0 fully saturated rings. The van der Waals surface area contributed by atoms with Gasteiger partial charge in [0.05, 0.1) is 23.0 Å². The van der Waals surface area contributed by atoms with Crippen LogP contribution in [-0.2, 0) is 11.8 Å². The van der Waals surface area contributed by atoms with Gasteiger partial charge in [0.25, 0.3) is 11.5 Å². The predicted octanol–water partition coefficient (Wildman–Crippen LogP) is 3.51. The van der Waals surface area contributed by atoms with Crippen LogP contribution in [0.1, 0.15) is 11.3 Å². The van der Waals surface area contributed by atoms with Gasteiger partial charge in [0.15, 0.2) is 11.5 Å². The zero-order chi connectivity index (χ0) is 22.7. The summed E-state index contributed by atoms with van der Waals surface area (Å²) in [6, 6.07) is 13.9. The van der Waals surface area contributed by atoms with Crippen molar-refractivity contribution in [3.8, 4) is 23.3 Å². The third-order valence-electron chi connectivity index (χ3n) is 4.74. The van der Waals surface area contributed by atoms with Gasteiger partial charge in [-0.25, -0.2) is 4.68 Å². The van der Waals surface area contributed by atoms with Crippen LogP contribution in [0.15, 0.2) is 57.3 Å². The summed E-state index contributed by atoms with van der Waals surface area (Å²) in [4.78, 5) is 25.7. The van der Waals surface area contributed by atoms with E-state index in [0.717, 1.165) is 0 Å². The number of rotatable bonds is 5. The fourth-order valence-corrected chi connectivity index (χ4v) is 3.50. The fraction of sp³-hybridized carbons (Fsp3) is 0.136. The molecule has 0 atom stereocenters.